The molecule has 0 atom stereocenters. The minimum absolute atomic E-state index is 0.216. The van der Waals surface area contributed by atoms with E-state index in [1.165, 1.54) is 11.3 Å². The van der Waals surface area contributed by atoms with Gasteiger partial charge in [-0.3, -0.25) is 0 Å². The number of benzene rings is 1. The number of carbonyl (C=O) groups is 1. The third-order valence-corrected chi connectivity index (χ3v) is 6.86. The predicted molar refractivity (Wildman–Crippen MR) is 139 cm³/mol. The number of cyclic esters (lactones) is 1. The van der Waals surface area contributed by atoms with Gasteiger partial charge in [0.1, 0.15) is 5.82 Å². The molecule has 0 spiro atoms. The zero-order valence-corrected chi connectivity index (χ0v) is 21.6. The van der Waals surface area contributed by atoms with Gasteiger partial charge in [-0.2, -0.15) is 4.98 Å². The smallest absolute Gasteiger partial charge is 0.409 e. The number of hydrogen-bond donors (Lipinski definition) is 2. The number of carbonyl (C=O) groups excluding carboxylic acids is 1. The van der Waals surface area contributed by atoms with E-state index in [0.717, 1.165) is 68.0 Å². The van der Waals surface area contributed by atoms with E-state index in [1.807, 2.05) is 0 Å². The summed E-state index contributed by atoms with van der Waals surface area (Å²) >= 11 is 3.53. The van der Waals surface area contributed by atoms with E-state index in [4.69, 9.17) is 4.74 Å². The Morgan fingerprint density at radius 2 is 2.00 bits per heavy atom. The summed E-state index contributed by atoms with van der Waals surface area (Å²) in [6, 6.07) is 6.58. The molecule has 1 aromatic heterocycles. The van der Waals surface area contributed by atoms with E-state index in [1.54, 1.807) is 11.1 Å². The highest BCUT2D eigenvalue weighted by Crippen LogP contribution is 2.28. The van der Waals surface area contributed by atoms with Crippen LogP contribution in [0.2, 0.25) is 0 Å². The third kappa shape index (κ3) is 6.29. The quantitative estimate of drug-likeness (QED) is 0.470. The van der Waals surface area contributed by atoms with Crippen LogP contribution in [0.1, 0.15) is 25.3 Å². The molecule has 2 saturated heterocycles. The monoisotopic (exact) mass is 531 g/mol. The first-order valence-electron chi connectivity index (χ1n) is 12.0. The zero-order valence-electron chi connectivity index (χ0n) is 20.0. The molecule has 2 N–H and O–H groups in total. The molecule has 3 heterocycles. The molecule has 1 aromatic carbocycles. The van der Waals surface area contributed by atoms with E-state index >= 15 is 0 Å². The van der Waals surface area contributed by atoms with E-state index in [0.29, 0.717) is 25.6 Å². The number of anilines is 4. The highest BCUT2D eigenvalue weighted by atomic mass is 79.9. The Hall–Kier alpha value is -2.59. The predicted octanol–water partition coefficient (Wildman–Crippen LogP) is 3.94. The zero-order chi connectivity index (χ0) is 23.9. The minimum Gasteiger partial charge on any atom is -0.449 e. The molecule has 34 heavy (non-hydrogen) atoms. The van der Waals surface area contributed by atoms with Crippen molar-refractivity contribution in [2.24, 2.45) is 0 Å². The standard InChI is InChI=1S/C24H34BrN7O2/c1-3-18-16-19(31-13-11-30(2)12-14-31)6-7-21(18)28-23-27-17-20(25)22(29-23)26-8-4-9-32-10-5-15-34-24(32)33/h6-7,16-17H,3-5,8-15H2,1-2H3,(H2,26,27,28,29). The lowest BCUT2D eigenvalue weighted by molar-refractivity contribution is 0.0729. The second-order valence-electron chi connectivity index (χ2n) is 8.74. The van der Waals surface area contributed by atoms with E-state index in [9.17, 15) is 4.79 Å². The van der Waals surface area contributed by atoms with Gasteiger partial charge in [0.25, 0.3) is 0 Å². The van der Waals surface area contributed by atoms with E-state index in [-0.39, 0.29) is 6.09 Å². The van der Waals surface area contributed by atoms with Gasteiger partial charge >= 0.3 is 6.09 Å². The molecule has 0 unspecified atom stereocenters. The fraction of sp³-hybridized carbons (Fsp3) is 0.542. The van der Waals surface area contributed by atoms with Crippen molar-refractivity contribution in [1.29, 1.82) is 0 Å². The summed E-state index contributed by atoms with van der Waals surface area (Å²) in [5.74, 6) is 1.28. The summed E-state index contributed by atoms with van der Waals surface area (Å²) in [6.07, 6.45) is 4.16. The van der Waals surface area contributed by atoms with Crippen molar-refractivity contribution in [3.05, 3.63) is 34.4 Å². The number of rotatable bonds is 9. The van der Waals surface area contributed by atoms with Gasteiger partial charge in [-0.05, 0) is 66.0 Å². The summed E-state index contributed by atoms with van der Waals surface area (Å²) in [5, 5.41) is 6.75. The van der Waals surface area contributed by atoms with Gasteiger partial charge in [0.15, 0.2) is 0 Å². The first kappa shape index (κ1) is 24.5. The van der Waals surface area contributed by atoms with Crippen LogP contribution in [0, 0.1) is 0 Å². The molecule has 0 radical (unpaired) electrons. The van der Waals surface area contributed by atoms with Crippen LogP contribution in [0.15, 0.2) is 28.9 Å². The number of halogens is 1. The van der Waals surface area contributed by atoms with Gasteiger partial charge in [0, 0.05) is 63.4 Å². The Morgan fingerprint density at radius 1 is 1.18 bits per heavy atom. The van der Waals surface area contributed by atoms with Gasteiger partial charge in [-0.1, -0.05) is 6.92 Å². The molecule has 2 fully saturated rings. The number of nitrogens with zero attached hydrogens (tertiary/aromatic N) is 5. The number of likely N-dealkylation sites (N-methyl/N-ethyl adjacent to an activating group) is 1. The summed E-state index contributed by atoms with van der Waals surface area (Å²) in [5.41, 5.74) is 3.54. The molecule has 2 aromatic rings. The molecule has 4 rings (SSSR count). The van der Waals surface area contributed by atoms with Crippen molar-refractivity contribution in [3.63, 3.8) is 0 Å². The fourth-order valence-corrected chi connectivity index (χ4v) is 4.54. The highest BCUT2D eigenvalue weighted by molar-refractivity contribution is 9.10. The maximum Gasteiger partial charge on any atom is 0.409 e. The first-order valence-corrected chi connectivity index (χ1v) is 12.8. The number of hydrogen-bond acceptors (Lipinski definition) is 8. The molecule has 0 saturated carbocycles. The van der Waals surface area contributed by atoms with Gasteiger partial charge in [-0.15, -0.1) is 0 Å². The van der Waals surface area contributed by atoms with Crippen LogP contribution in [-0.2, 0) is 11.2 Å². The average Bonchev–Trinajstić information content (AvgIpc) is 2.85. The Balaban J connectivity index is 1.36. The minimum atomic E-state index is -0.216. The fourth-order valence-electron chi connectivity index (χ4n) is 4.20. The number of amides is 1. The SMILES string of the molecule is CCc1cc(N2CCN(C)CC2)ccc1Nc1ncc(Br)c(NCCCN2CCCOC2=O)n1. The van der Waals surface area contributed by atoms with Crippen LogP contribution >= 0.6 is 15.9 Å². The average molecular weight is 532 g/mol. The van der Waals surface area contributed by atoms with Gasteiger partial charge in [0.05, 0.1) is 11.1 Å². The molecule has 0 bridgehead atoms. The van der Waals surface area contributed by atoms with Crippen molar-refractivity contribution in [2.75, 3.05) is 75.0 Å². The van der Waals surface area contributed by atoms with Crippen LogP contribution in [0.5, 0.6) is 0 Å². The van der Waals surface area contributed by atoms with Crippen molar-refractivity contribution in [1.82, 2.24) is 19.8 Å². The first-order chi connectivity index (χ1) is 16.5. The van der Waals surface area contributed by atoms with Crippen LogP contribution < -0.4 is 15.5 Å². The Morgan fingerprint density at radius 3 is 2.76 bits per heavy atom. The summed E-state index contributed by atoms with van der Waals surface area (Å²) in [4.78, 5) is 27.4. The normalized spacial score (nSPS) is 17.0. The largest absolute Gasteiger partial charge is 0.449 e. The van der Waals surface area contributed by atoms with Crippen molar-refractivity contribution in [2.45, 2.75) is 26.2 Å². The lowest BCUT2D eigenvalue weighted by atomic mass is 10.1. The Labute approximate surface area is 210 Å². The summed E-state index contributed by atoms with van der Waals surface area (Å²) in [6.45, 7) is 9.09. The van der Waals surface area contributed by atoms with Crippen LogP contribution in [0.25, 0.3) is 0 Å². The molecular weight excluding hydrogens is 498 g/mol. The van der Waals surface area contributed by atoms with Gasteiger partial charge in [0.2, 0.25) is 5.95 Å². The number of nitrogens with one attached hydrogen (secondary N) is 2. The van der Waals surface area contributed by atoms with Crippen molar-refractivity contribution < 1.29 is 9.53 Å². The number of aromatic nitrogens is 2. The van der Waals surface area contributed by atoms with Crippen LogP contribution in [0.3, 0.4) is 0 Å². The molecule has 184 valence electrons. The van der Waals surface area contributed by atoms with E-state index < -0.39 is 0 Å². The highest BCUT2D eigenvalue weighted by Gasteiger charge is 2.19. The number of piperazine rings is 1. The second-order valence-corrected chi connectivity index (χ2v) is 9.59. The maximum atomic E-state index is 11.7. The molecule has 2 aliphatic rings. The third-order valence-electron chi connectivity index (χ3n) is 6.28. The lowest BCUT2D eigenvalue weighted by Gasteiger charge is -2.34. The van der Waals surface area contributed by atoms with Crippen molar-refractivity contribution in [3.8, 4) is 0 Å². The molecule has 2 aliphatic heterocycles. The number of ether oxygens (including phenoxy) is 1. The maximum absolute atomic E-state index is 11.7. The molecule has 0 aliphatic carbocycles. The lowest BCUT2D eigenvalue weighted by Crippen LogP contribution is -2.44. The van der Waals surface area contributed by atoms with Gasteiger partial charge < -0.3 is 30.1 Å². The second kappa shape index (κ2) is 11.7. The molecule has 10 heteroatoms. The molecular formula is C24H34BrN7O2. The molecule has 1 amide bonds. The topological polar surface area (TPSA) is 85.9 Å². The summed E-state index contributed by atoms with van der Waals surface area (Å²) < 4.78 is 5.89. The van der Waals surface area contributed by atoms with Crippen molar-refractivity contribution >= 4 is 45.2 Å². The number of aryl methyl sites for hydroxylation is 1. The summed E-state index contributed by atoms with van der Waals surface area (Å²) in [7, 11) is 2.17. The van der Waals surface area contributed by atoms with Crippen LogP contribution in [-0.4, -0.2) is 85.3 Å². The van der Waals surface area contributed by atoms with E-state index in [2.05, 4.69) is 78.5 Å². The van der Waals surface area contributed by atoms with Gasteiger partial charge in [-0.25, -0.2) is 9.78 Å². The Bertz CT molecular complexity index is 982. The van der Waals surface area contributed by atoms with Crippen LogP contribution in [0.4, 0.5) is 27.9 Å². The Kier molecular flexibility index (Phi) is 8.44. The molecule has 9 nitrogen and oxygen atoms in total.